The van der Waals surface area contributed by atoms with Crippen molar-refractivity contribution in [3.05, 3.63) is 0 Å². The monoisotopic (exact) mass is 215 g/mol. The summed E-state index contributed by atoms with van der Waals surface area (Å²) in [4.78, 5) is 21.9. The van der Waals surface area contributed by atoms with Gasteiger partial charge < -0.3 is 15.3 Å². The van der Waals surface area contributed by atoms with Crippen molar-refractivity contribution in [2.45, 2.75) is 32.6 Å². The number of methoxy groups -OCH3 is 1. The largest absolute Gasteiger partial charge is 0.469 e. The molecule has 0 saturated heterocycles. The molecule has 0 spiro atoms. The van der Waals surface area contributed by atoms with Crippen molar-refractivity contribution in [1.29, 1.82) is 0 Å². The van der Waals surface area contributed by atoms with Gasteiger partial charge in [0.05, 0.1) is 12.5 Å². The number of nitrogens with two attached hydrogens (primary N) is 1. The van der Waals surface area contributed by atoms with Gasteiger partial charge in [0.15, 0.2) is 0 Å². The van der Waals surface area contributed by atoms with Crippen molar-refractivity contribution in [2.24, 2.45) is 17.1 Å². The fourth-order valence-electron chi connectivity index (χ4n) is 1.86. The van der Waals surface area contributed by atoms with Gasteiger partial charge in [0, 0.05) is 5.92 Å². The molecule has 0 aromatic carbocycles. The molecule has 1 aliphatic carbocycles. The molecule has 88 valence electrons. The van der Waals surface area contributed by atoms with Crippen LogP contribution in [0.5, 0.6) is 0 Å². The fraction of sp³-hybridized carbons (Fsp3) is 0.818. The van der Waals surface area contributed by atoms with Crippen LogP contribution in [0, 0.1) is 11.3 Å². The molecule has 0 aliphatic heterocycles. The lowest BCUT2D eigenvalue weighted by molar-refractivity contribution is -0.154. The number of rotatable bonds is 2. The third-order valence-corrected chi connectivity index (χ3v) is 3.00. The summed E-state index contributed by atoms with van der Waals surface area (Å²) in [5.74, 6) is 0.00887. The van der Waals surface area contributed by atoms with E-state index in [1.165, 1.54) is 14.2 Å². The topological polar surface area (TPSA) is 69.4 Å². The molecule has 0 radical (unpaired) electrons. The van der Waals surface area contributed by atoms with Gasteiger partial charge in [-0.3, -0.25) is 4.79 Å². The van der Waals surface area contributed by atoms with Gasteiger partial charge in [0.25, 0.3) is 0 Å². The first kappa shape index (κ1) is 14.1. The number of carbonyl (C=O) groups is 2. The van der Waals surface area contributed by atoms with Crippen molar-refractivity contribution in [3.63, 3.8) is 0 Å². The molecule has 1 saturated carbocycles. The molecular formula is C11H21NO3. The molecule has 0 heterocycles. The van der Waals surface area contributed by atoms with Crippen molar-refractivity contribution in [1.82, 2.24) is 0 Å². The van der Waals surface area contributed by atoms with Gasteiger partial charge in [-0.2, -0.15) is 0 Å². The van der Waals surface area contributed by atoms with E-state index >= 15 is 0 Å². The van der Waals surface area contributed by atoms with Gasteiger partial charge in [0.1, 0.15) is 6.29 Å². The van der Waals surface area contributed by atoms with E-state index in [0.717, 1.165) is 32.0 Å². The zero-order valence-electron chi connectivity index (χ0n) is 9.79. The molecule has 0 amide bonds. The quantitative estimate of drug-likeness (QED) is 0.553. The highest BCUT2D eigenvalue weighted by Crippen LogP contribution is 2.38. The zero-order valence-corrected chi connectivity index (χ0v) is 9.79. The Morgan fingerprint density at radius 1 is 1.40 bits per heavy atom. The highest BCUT2D eigenvalue weighted by Gasteiger charge is 2.38. The SMILES string of the molecule is CN.COC(=O)C1(C)CCC(C=O)CC1. The Balaban J connectivity index is 0.000000921. The predicted molar refractivity (Wildman–Crippen MR) is 58.3 cm³/mol. The standard InChI is InChI=1S/C10H16O3.CH5N/c1-10(9(12)13-2)5-3-8(7-11)4-6-10;1-2/h7-8H,3-6H2,1-2H3;2H2,1H3. The minimum atomic E-state index is -0.353. The maximum atomic E-state index is 11.4. The van der Waals surface area contributed by atoms with Crippen LogP contribution in [0.3, 0.4) is 0 Å². The van der Waals surface area contributed by atoms with Crippen LogP contribution in [0.4, 0.5) is 0 Å². The highest BCUT2D eigenvalue weighted by atomic mass is 16.5. The van der Waals surface area contributed by atoms with Crippen LogP contribution in [-0.2, 0) is 14.3 Å². The van der Waals surface area contributed by atoms with Crippen molar-refractivity contribution < 1.29 is 14.3 Å². The number of hydrogen-bond acceptors (Lipinski definition) is 4. The summed E-state index contributed by atoms with van der Waals surface area (Å²) < 4.78 is 4.73. The Hall–Kier alpha value is -0.900. The second kappa shape index (κ2) is 6.56. The van der Waals surface area contributed by atoms with E-state index in [9.17, 15) is 9.59 Å². The average molecular weight is 215 g/mol. The lowest BCUT2D eigenvalue weighted by Crippen LogP contribution is -2.33. The fourth-order valence-corrected chi connectivity index (χ4v) is 1.86. The van der Waals surface area contributed by atoms with Crippen molar-refractivity contribution in [2.75, 3.05) is 14.2 Å². The minimum Gasteiger partial charge on any atom is -0.469 e. The number of ether oxygens (including phenoxy) is 1. The van der Waals surface area contributed by atoms with Gasteiger partial charge in [-0.15, -0.1) is 0 Å². The van der Waals surface area contributed by atoms with Crippen molar-refractivity contribution in [3.8, 4) is 0 Å². The molecule has 15 heavy (non-hydrogen) atoms. The van der Waals surface area contributed by atoms with Crippen LogP contribution in [0.15, 0.2) is 0 Å². The summed E-state index contributed by atoms with van der Waals surface area (Å²) in [5, 5.41) is 0. The summed E-state index contributed by atoms with van der Waals surface area (Å²) >= 11 is 0. The third-order valence-electron chi connectivity index (χ3n) is 3.00. The van der Waals surface area contributed by atoms with E-state index in [4.69, 9.17) is 4.74 Å². The molecule has 0 bridgehead atoms. The van der Waals surface area contributed by atoms with Gasteiger partial charge in [0.2, 0.25) is 0 Å². The molecule has 1 fully saturated rings. The van der Waals surface area contributed by atoms with E-state index < -0.39 is 0 Å². The minimum absolute atomic E-state index is 0.142. The lowest BCUT2D eigenvalue weighted by Gasteiger charge is -2.32. The molecule has 2 N–H and O–H groups in total. The summed E-state index contributed by atoms with van der Waals surface area (Å²) in [6, 6.07) is 0. The second-order valence-corrected chi connectivity index (χ2v) is 4.03. The van der Waals surface area contributed by atoms with E-state index in [-0.39, 0.29) is 17.3 Å². The second-order valence-electron chi connectivity index (χ2n) is 4.03. The zero-order chi connectivity index (χ0) is 11.9. The molecule has 1 rings (SSSR count). The number of hydrogen-bond donors (Lipinski definition) is 1. The molecule has 0 atom stereocenters. The predicted octanol–water partition coefficient (Wildman–Crippen LogP) is 1.13. The Morgan fingerprint density at radius 3 is 2.20 bits per heavy atom. The smallest absolute Gasteiger partial charge is 0.311 e. The maximum Gasteiger partial charge on any atom is 0.311 e. The van der Waals surface area contributed by atoms with Crippen LogP contribution in [0.1, 0.15) is 32.6 Å². The Morgan fingerprint density at radius 2 is 1.87 bits per heavy atom. The number of carbonyl (C=O) groups excluding carboxylic acids is 2. The Kier molecular flexibility index (Phi) is 6.17. The van der Waals surface area contributed by atoms with Gasteiger partial charge in [-0.25, -0.2) is 0 Å². The average Bonchev–Trinajstić information content (AvgIpc) is 2.31. The van der Waals surface area contributed by atoms with Gasteiger partial charge in [-0.05, 0) is 39.7 Å². The molecule has 0 aromatic rings. The third kappa shape index (κ3) is 3.63. The van der Waals surface area contributed by atoms with Gasteiger partial charge in [-0.1, -0.05) is 0 Å². The van der Waals surface area contributed by atoms with Gasteiger partial charge >= 0.3 is 5.97 Å². The summed E-state index contributed by atoms with van der Waals surface area (Å²) in [7, 11) is 2.92. The van der Waals surface area contributed by atoms with Crippen LogP contribution < -0.4 is 5.73 Å². The van der Waals surface area contributed by atoms with E-state index in [0.29, 0.717) is 0 Å². The summed E-state index contributed by atoms with van der Waals surface area (Å²) in [6.07, 6.45) is 4.16. The highest BCUT2D eigenvalue weighted by molar-refractivity contribution is 5.76. The maximum absolute atomic E-state index is 11.4. The van der Waals surface area contributed by atoms with E-state index in [1.807, 2.05) is 6.92 Å². The number of esters is 1. The van der Waals surface area contributed by atoms with Crippen LogP contribution in [-0.4, -0.2) is 26.4 Å². The lowest BCUT2D eigenvalue weighted by atomic mass is 9.72. The Labute approximate surface area is 91.2 Å². The van der Waals surface area contributed by atoms with Crippen LogP contribution >= 0.6 is 0 Å². The normalized spacial score (nSPS) is 29.7. The molecular weight excluding hydrogens is 194 g/mol. The van der Waals surface area contributed by atoms with Crippen LogP contribution in [0.25, 0.3) is 0 Å². The first-order valence-electron chi connectivity index (χ1n) is 5.24. The molecule has 4 heteroatoms. The molecule has 1 aliphatic rings. The van der Waals surface area contributed by atoms with Crippen LogP contribution in [0.2, 0.25) is 0 Å². The van der Waals surface area contributed by atoms with E-state index in [2.05, 4.69) is 5.73 Å². The first-order chi connectivity index (χ1) is 7.12. The Bertz CT molecular complexity index is 208. The molecule has 4 nitrogen and oxygen atoms in total. The van der Waals surface area contributed by atoms with E-state index in [1.54, 1.807) is 0 Å². The summed E-state index contributed by atoms with van der Waals surface area (Å²) in [5.41, 5.74) is 4.15. The summed E-state index contributed by atoms with van der Waals surface area (Å²) in [6.45, 7) is 1.92. The first-order valence-corrected chi connectivity index (χ1v) is 5.24. The van der Waals surface area contributed by atoms with Crippen molar-refractivity contribution >= 4 is 12.3 Å². The molecule has 0 aromatic heterocycles. The molecule has 0 unspecified atom stereocenters. The number of aldehydes is 1.